The van der Waals surface area contributed by atoms with E-state index < -0.39 is 11.7 Å². The number of guanidine groups is 1. The van der Waals surface area contributed by atoms with E-state index in [-0.39, 0.29) is 6.04 Å². The first-order valence-electron chi connectivity index (χ1n) is 10.8. The summed E-state index contributed by atoms with van der Waals surface area (Å²) in [4.78, 5) is 6.83. The van der Waals surface area contributed by atoms with E-state index in [4.69, 9.17) is 5.26 Å². The standard InChI is InChI=1S/C24H28F3N5/c1-2-29-23(30-16-19-8-6-18(15-28)7-9-19)31-22-10-12-32(13-11-22)17-20-4-3-5-21(14-20)24(25,26)27/h3-9,14,22H,2,10-13,16-17H2,1H3,(H2,29,30,31). The Morgan fingerprint density at radius 1 is 1.12 bits per heavy atom. The van der Waals surface area contributed by atoms with Crippen LogP contribution < -0.4 is 10.6 Å². The highest BCUT2D eigenvalue weighted by Crippen LogP contribution is 2.30. The highest BCUT2D eigenvalue weighted by Gasteiger charge is 2.30. The number of halogens is 3. The van der Waals surface area contributed by atoms with E-state index in [2.05, 4.69) is 26.6 Å². The Hall–Kier alpha value is -3.05. The van der Waals surface area contributed by atoms with Crippen LogP contribution in [0.2, 0.25) is 0 Å². The SMILES string of the molecule is CCNC(=NCc1ccc(C#N)cc1)NC1CCN(Cc2cccc(C(F)(F)F)c2)CC1. The van der Waals surface area contributed by atoms with Gasteiger partial charge in [-0.2, -0.15) is 18.4 Å². The Bertz CT molecular complexity index is 939. The summed E-state index contributed by atoms with van der Waals surface area (Å²) in [5.41, 5.74) is 1.74. The third-order valence-electron chi connectivity index (χ3n) is 5.44. The van der Waals surface area contributed by atoms with E-state index in [1.807, 2.05) is 19.1 Å². The van der Waals surface area contributed by atoms with Crippen molar-refractivity contribution < 1.29 is 13.2 Å². The second kappa shape index (κ2) is 11.0. The monoisotopic (exact) mass is 443 g/mol. The molecule has 1 aliphatic rings. The van der Waals surface area contributed by atoms with Crippen molar-refractivity contribution in [1.29, 1.82) is 5.26 Å². The van der Waals surface area contributed by atoms with Gasteiger partial charge in [0.15, 0.2) is 5.96 Å². The molecule has 3 rings (SSSR count). The van der Waals surface area contributed by atoms with Crippen molar-refractivity contribution in [2.45, 2.75) is 45.1 Å². The maximum absolute atomic E-state index is 12.9. The first kappa shape index (κ1) is 23.6. The second-order valence-corrected chi connectivity index (χ2v) is 7.90. The number of benzene rings is 2. The minimum absolute atomic E-state index is 0.256. The summed E-state index contributed by atoms with van der Waals surface area (Å²) in [5.74, 6) is 0.744. The van der Waals surface area contributed by atoms with Gasteiger partial charge in [0, 0.05) is 32.2 Å². The summed E-state index contributed by atoms with van der Waals surface area (Å²) in [7, 11) is 0. The first-order chi connectivity index (χ1) is 15.4. The number of nitriles is 1. The zero-order valence-corrected chi connectivity index (χ0v) is 18.1. The van der Waals surface area contributed by atoms with Crippen LogP contribution in [0.4, 0.5) is 13.2 Å². The van der Waals surface area contributed by atoms with E-state index in [1.165, 1.54) is 12.1 Å². The molecule has 170 valence electrons. The zero-order chi connectivity index (χ0) is 23.0. The lowest BCUT2D eigenvalue weighted by molar-refractivity contribution is -0.137. The molecule has 1 heterocycles. The van der Waals surface area contributed by atoms with Gasteiger partial charge in [-0.3, -0.25) is 4.90 Å². The van der Waals surface area contributed by atoms with Crippen LogP contribution in [0.5, 0.6) is 0 Å². The van der Waals surface area contributed by atoms with Gasteiger partial charge in [-0.1, -0.05) is 30.3 Å². The van der Waals surface area contributed by atoms with Crippen molar-refractivity contribution >= 4 is 5.96 Å². The molecule has 0 bridgehead atoms. The number of nitrogens with zero attached hydrogens (tertiary/aromatic N) is 3. The molecule has 1 fully saturated rings. The fraction of sp³-hybridized carbons (Fsp3) is 0.417. The van der Waals surface area contributed by atoms with Gasteiger partial charge in [-0.15, -0.1) is 0 Å². The summed E-state index contributed by atoms with van der Waals surface area (Å²) >= 11 is 0. The Balaban J connectivity index is 1.51. The second-order valence-electron chi connectivity index (χ2n) is 7.90. The molecule has 32 heavy (non-hydrogen) atoms. The maximum atomic E-state index is 12.9. The number of piperidine rings is 1. The molecule has 0 radical (unpaired) electrons. The van der Waals surface area contributed by atoms with E-state index in [0.717, 1.165) is 50.1 Å². The number of rotatable bonds is 6. The molecule has 0 spiro atoms. The van der Waals surface area contributed by atoms with Gasteiger partial charge in [-0.05, 0) is 49.1 Å². The molecule has 0 aliphatic carbocycles. The molecule has 2 aromatic rings. The predicted octanol–water partition coefficient (Wildman–Crippen LogP) is 4.30. The van der Waals surface area contributed by atoms with Crippen LogP contribution in [0.15, 0.2) is 53.5 Å². The third-order valence-corrected chi connectivity index (χ3v) is 5.44. The van der Waals surface area contributed by atoms with Crippen molar-refractivity contribution in [3.63, 3.8) is 0 Å². The minimum Gasteiger partial charge on any atom is -0.357 e. The van der Waals surface area contributed by atoms with Crippen molar-refractivity contribution in [1.82, 2.24) is 15.5 Å². The number of nitrogens with one attached hydrogen (secondary N) is 2. The number of hydrogen-bond acceptors (Lipinski definition) is 3. The molecule has 8 heteroatoms. The summed E-state index contributed by atoms with van der Waals surface area (Å²) in [6.07, 6.45) is -2.53. The molecule has 0 atom stereocenters. The molecular weight excluding hydrogens is 415 g/mol. The van der Waals surface area contributed by atoms with E-state index in [0.29, 0.717) is 24.2 Å². The molecule has 1 aliphatic heterocycles. The highest BCUT2D eigenvalue weighted by atomic mass is 19.4. The summed E-state index contributed by atoms with van der Waals surface area (Å²) in [5, 5.41) is 15.6. The van der Waals surface area contributed by atoms with Gasteiger partial charge in [0.1, 0.15) is 0 Å². The molecule has 2 N–H and O–H groups in total. The zero-order valence-electron chi connectivity index (χ0n) is 18.1. The van der Waals surface area contributed by atoms with Crippen LogP contribution >= 0.6 is 0 Å². The van der Waals surface area contributed by atoms with Crippen LogP contribution in [0.1, 0.15) is 42.0 Å². The molecule has 5 nitrogen and oxygen atoms in total. The fourth-order valence-electron chi connectivity index (χ4n) is 3.71. The molecule has 0 saturated carbocycles. The number of aliphatic imine (C=N–C) groups is 1. The van der Waals surface area contributed by atoms with E-state index in [9.17, 15) is 13.2 Å². The van der Waals surface area contributed by atoms with Crippen LogP contribution in [-0.2, 0) is 19.3 Å². The summed E-state index contributed by atoms with van der Waals surface area (Å²) in [6.45, 7) is 5.40. The summed E-state index contributed by atoms with van der Waals surface area (Å²) in [6, 6.07) is 15.3. The molecule has 2 aromatic carbocycles. The van der Waals surface area contributed by atoms with Crippen LogP contribution in [0.3, 0.4) is 0 Å². The quantitative estimate of drug-likeness (QED) is 0.516. The molecule has 0 amide bonds. The Morgan fingerprint density at radius 2 is 1.84 bits per heavy atom. The average molecular weight is 444 g/mol. The average Bonchev–Trinajstić information content (AvgIpc) is 2.79. The largest absolute Gasteiger partial charge is 0.416 e. The lowest BCUT2D eigenvalue weighted by Gasteiger charge is -2.33. The van der Waals surface area contributed by atoms with Gasteiger partial charge in [-0.25, -0.2) is 4.99 Å². The Kier molecular flexibility index (Phi) is 8.12. The minimum atomic E-state index is -4.31. The molecule has 0 unspecified atom stereocenters. The highest BCUT2D eigenvalue weighted by molar-refractivity contribution is 5.80. The fourth-order valence-corrected chi connectivity index (χ4v) is 3.71. The third kappa shape index (κ3) is 6.99. The van der Waals surface area contributed by atoms with Crippen molar-refractivity contribution in [3.8, 4) is 6.07 Å². The number of alkyl halides is 3. The van der Waals surface area contributed by atoms with E-state index in [1.54, 1.807) is 18.2 Å². The predicted molar refractivity (Wildman–Crippen MR) is 119 cm³/mol. The van der Waals surface area contributed by atoms with E-state index >= 15 is 0 Å². The van der Waals surface area contributed by atoms with Gasteiger partial charge in [0.2, 0.25) is 0 Å². The summed E-state index contributed by atoms with van der Waals surface area (Å²) < 4.78 is 38.8. The lowest BCUT2D eigenvalue weighted by atomic mass is 10.0. The Morgan fingerprint density at radius 3 is 2.47 bits per heavy atom. The normalized spacial score (nSPS) is 15.9. The van der Waals surface area contributed by atoms with Crippen LogP contribution in [-0.4, -0.2) is 36.5 Å². The molecular formula is C24H28F3N5. The smallest absolute Gasteiger partial charge is 0.357 e. The molecule has 1 saturated heterocycles. The van der Waals surface area contributed by atoms with Crippen molar-refractivity contribution in [2.24, 2.45) is 4.99 Å². The number of likely N-dealkylation sites (tertiary alicyclic amines) is 1. The van der Waals surface area contributed by atoms with Gasteiger partial charge < -0.3 is 10.6 Å². The topological polar surface area (TPSA) is 63.5 Å². The first-order valence-corrected chi connectivity index (χ1v) is 10.8. The Labute approximate surface area is 187 Å². The number of hydrogen-bond donors (Lipinski definition) is 2. The van der Waals surface area contributed by atoms with Gasteiger partial charge >= 0.3 is 6.18 Å². The van der Waals surface area contributed by atoms with Crippen molar-refractivity contribution in [3.05, 3.63) is 70.8 Å². The van der Waals surface area contributed by atoms with Crippen LogP contribution in [0.25, 0.3) is 0 Å². The molecule has 0 aromatic heterocycles. The van der Waals surface area contributed by atoms with Crippen molar-refractivity contribution in [2.75, 3.05) is 19.6 Å². The van der Waals surface area contributed by atoms with Crippen LogP contribution in [0, 0.1) is 11.3 Å². The lowest BCUT2D eigenvalue weighted by Crippen LogP contribution is -2.48. The van der Waals surface area contributed by atoms with Gasteiger partial charge in [0.05, 0.1) is 23.7 Å². The maximum Gasteiger partial charge on any atom is 0.416 e. The van der Waals surface area contributed by atoms with Gasteiger partial charge in [0.25, 0.3) is 0 Å².